The van der Waals surface area contributed by atoms with Gasteiger partial charge < -0.3 is 14.6 Å². The molecule has 0 aliphatic carbocycles. The number of fused-ring (bicyclic) bond motifs is 2. The van der Waals surface area contributed by atoms with Gasteiger partial charge in [-0.3, -0.25) is 4.99 Å². The Labute approximate surface area is 179 Å². The van der Waals surface area contributed by atoms with Crippen LogP contribution in [0.2, 0.25) is 0 Å². The molecular weight excluding hydrogens is 388 g/mol. The molecule has 0 spiro atoms. The minimum atomic E-state index is 0.0620. The molecule has 0 fully saturated rings. The van der Waals surface area contributed by atoms with Crippen molar-refractivity contribution in [1.82, 2.24) is 4.98 Å². The van der Waals surface area contributed by atoms with Crippen LogP contribution in [0.25, 0.3) is 33.3 Å². The Morgan fingerprint density at radius 2 is 1.65 bits per heavy atom. The summed E-state index contributed by atoms with van der Waals surface area (Å²) >= 11 is 0. The highest BCUT2D eigenvalue weighted by Gasteiger charge is 2.14. The van der Waals surface area contributed by atoms with E-state index in [0.717, 1.165) is 27.4 Å². The van der Waals surface area contributed by atoms with Gasteiger partial charge in [-0.1, -0.05) is 30.3 Å². The minimum Gasteiger partial charge on any atom is -0.507 e. The van der Waals surface area contributed by atoms with E-state index in [1.54, 1.807) is 30.5 Å². The maximum atomic E-state index is 10.4. The van der Waals surface area contributed by atoms with Gasteiger partial charge in [0.15, 0.2) is 5.58 Å². The van der Waals surface area contributed by atoms with Gasteiger partial charge >= 0.3 is 0 Å². The number of aryl methyl sites for hydroxylation is 2. The van der Waals surface area contributed by atoms with Crippen molar-refractivity contribution in [2.24, 2.45) is 4.99 Å². The summed E-state index contributed by atoms with van der Waals surface area (Å²) in [4.78, 5) is 9.07. The van der Waals surface area contributed by atoms with Crippen molar-refractivity contribution in [2.75, 3.05) is 0 Å². The van der Waals surface area contributed by atoms with Crippen LogP contribution in [0, 0.1) is 13.8 Å². The number of phenols is 2. The van der Waals surface area contributed by atoms with Crippen LogP contribution >= 0.6 is 0 Å². The zero-order valence-corrected chi connectivity index (χ0v) is 17.1. The Bertz CT molecular complexity index is 1440. The fraction of sp³-hybridized carbons (Fsp3) is 0.0769. The molecule has 0 saturated carbocycles. The van der Waals surface area contributed by atoms with Gasteiger partial charge in [0, 0.05) is 11.8 Å². The standard InChI is InChI=1S/C26H20N2O3/c1-15-11-22-25(12-16(15)2)31-26(28-22)20-13-18(8-10-23(20)29)27-14-21-19-6-4-3-5-17(19)7-9-24(21)30/h3-14,29-30H,1-2H3. The number of oxazole rings is 1. The third-order valence-corrected chi connectivity index (χ3v) is 5.50. The van der Waals surface area contributed by atoms with Crippen LogP contribution < -0.4 is 0 Å². The van der Waals surface area contributed by atoms with Crippen LogP contribution in [0.1, 0.15) is 16.7 Å². The molecule has 5 nitrogen and oxygen atoms in total. The Balaban J connectivity index is 1.56. The molecule has 5 aromatic rings. The summed E-state index contributed by atoms with van der Waals surface area (Å²) in [6.45, 7) is 4.05. The number of aromatic hydroxyl groups is 2. The van der Waals surface area contributed by atoms with Gasteiger partial charge in [-0.2, -0.15) is 0 Å². The summed E-state index contributed by atoms with van der Waals surface area (Å²) in [7, 11) is 0. The zero-order chi connectivity index (χ0) is 21.5. The van der Waals surface area contributed by atoms with E-state index < -0.39 is 0 Å². The van der Waals surface area contributed by atoms with Gasteiger partial charge in [-0.15, -0.1) is 0 Å². The van der Waals surface area contributed by atoms with Gasteiger partial charge in [0.1, 0.15) is 17.0 Å². The third kappa shape index (κ3) is 3.40. The zero-order valence-electron chi connectivity index (χ0n) is 17.1. The molecule has 1 heterocycles. The largest absolute Gasteiger partial charge is 0.507 e. The van der Waals surface area contributed by atoms with Crippen LogP contribution in [0.15, 0.2) is 76.1 Å². The molecule has 4 aromatic carbocycles. The van der Waals surface area contributed by atoms with E-state index in [2.05, 4.69) is 9.98 Å². The van der Waals surface area contributed by atoms with Gasteiger partial charge in [0.25, 0.3) is 0 Å². The first-order valence-electron chi connectivity index (χ1n) is 9.95. The fourth-order valence-electron chi connectivity index (χ4n) is 3.63. The molecule has 1 aromatic heterocycles. The molecule has 2 N–H and O–H groups in total. The Morgan fingerprint density at radius 1 is 0.871 bits per heavy atom. The van der Waals surface area contributed by atoms with E-state index in [1.165, 1.54) is 0 Å². The maximum absolute atomic E-state index is 10.4. The molecule has 0 saturated heterocycles. The molecule has 5 rings (SSSR count). The molecule has 0 atom stereocenters. The number of nitrogens with zero attached hydrogens (tertiary/aromatic N) is 2. The van der Waals surface area contributed by atoms with Crippen LogP contribution in [0.3, 0.4) is 0 Å². The first-order valence-corrected chi connectivity index (χ1v) is 9.95. The highest BCUT2D eigenvalue weighted by Crippen LogP contribution is 2.35. The molecule has 5 heteroatoms. The fourth-order valence-corrected chi connectivity index (χ4v) is 3.63. The average Bonchev–Trinajstić information content (AvgIpc) is 3.16. The minimum absolute atomic E-state index is 0.0620. The summed E-state index contributed by atoms with van der Waals surface area (Å²) < 4.78 is 5.90. The lowest BCUT2D eigenvalue weighted by Gasteiger charge is -2.05. The first-order chi connectivity index (χ1) is 15.0. The predicted octanol–water partition coefficient (Wildman–Crippen LogP) is 6.43. The normalized spacial score (nSPS) is 11.7. The van der Waals surface area contributed by atoms with Gasteiger partial charge in [-0.05, 0) is 72.1 Å². The molecule has 152 valence electrons. The summed E-state index contributed by atoms with van der Waals surface area (Å²) in [6.07, 6.45) is 1.63. The molecular formula is C26H20N2O3. The van der Waals surface area contributed by atoms with Gasteiger partial charge in [0.2, 0.25) is 5.89 Å². The van der Waals surface area contributed by atoms with Crippen LogP contribution in [0.4, 0.5) is 5.69 Å². The second-order valence-corrected chi connectivity index (χ2v) is 7.60. The van der Waals surface area contributed by atoms with Crippen molar-refractivity contribution in [3.63, 3.8) is 0 Å². The lowest BCUT2D eigenvalue weighted by Crippen LogP contribution is -1.86. The van der Waals surface area contributed by atoms with Crippen molar-refractivity contribution >= 4 is 33.8 Å². The Morgan fingerprint density at radius 3 is 2.52 bits per heavy atom. The first kappa shape index (κ1) is 18.9. The van der Waals surface area contributed by atoms with Crippen molar-refractivity contribution in [1.29, 1.82) is 0 Å². The maximum Gasteiger partial charge on any atom is 0.231 e. The van der Waals surface area contributed by atoms with Crippen molar-refractivity contribution in [3.05, 3.63) is 83.4 Å². The second kappa shape index (κ2) is 7.29. The summed E-state index contributed by atoms with van der Waals surface area (Å²) in [6, 6.07) is 20.3. The molecule has 0 aliphatic heterocycles. The molecule has 0 bridgehead atoms. The third-order valence-electron chi connectivity index (χ3n) is 5.50. The van der Waals surface area contributed by atoms with E-state index in [4.69, 9.17) is 4.42 Å². The van der Waals surface area contributed by atoms with Gasteiger partial charge in [0.05, 0.1) is 11.3 Å². The SMILES string of the molecule is Cc1cc2nc(-c3cc(N=Cc4c(O)ccc5ccccc45)ccc3O)oc2cc1C. The number of aliphatic imine (C=N–C) groups is 1. The quantitative estimate of drug-likeness (QED) is 0.337. The number of hydrogen-bond donors (Lipinski definition) is 2. The number of phenolic OH excluding ortho intramolecular Hbond substituents is 2. The number of aromatic nitrogens is 1. The van der Waals surface area contributed by atoms with E-state index in [-0.39, 0.29) is 11.5 Å². The molecule has 0 radical (unpaired) electrons. The van der Waals surface area contributed by atoms with Crippen molar-refractivity contribution < 1.29 is 14.6 Å². The molecule has 0 unspecified atom stereocenters. The summed E-state index contributed by atoms with van der Waals surface area (Å²) in [5, 5.41) is 22.7. The molecule has 31 heavy (non-hydrogen) atoms. The van der Waals surface area contributed by atoms with Crippen LogP contribution in [-0.4, -0.2) is 21.4 Å². The highest BCUT2D eigenvalue weighted by atomic mass is 16.3. The Hall–Kier alpha value is -4.12. The monoisotopic (exact) mass is 408 g/mol. The van der Waals surface area contributed by atoms with E-state index in [9.17, 15) is 10.2 Å². The smallest absolute Gasteiger partial charge is 0.231 e. The van der Waals surface area contributed by atoms with Crippen LogP contribution in [-0.2, 0) is 0 Å². The lowest BCUT2D eigenvalue weighted by molar-refractivity contribution is 0.474. The predicted molar refractivity (Wildman–Crippen MR) is 123 cm³/mol. The van der Waals surface area contributed by atoms with E-state index in [0.29, 0.717) is 28.3 Å². The van der Waals surface area contributed by atoms with E-state index in [1.807, 2.05) is 56.3 Å². The lowest BCUT2D eigenvalue weighted by atomic mass is 10.0. The number of hydrogen-bond acceptors (Lipinski definition) is 5. The average molecular weight is 408 g/mol. The number of rotatable bonds is 3. The van der Waals surface area contributed by atoms with Crippen molar-refractivity contribution in [3.8, 4) is 23.0 Å². The summed E-state index contributed by atoms with van der Waals surface area (Å²) in [5.41, 5.74) is 5.37. The highest BCUT2D eigenvalue weighted by molar-refractivity contribution is 6.03. The van der Waals surface area contributed by atoms with Gasteiger partial charge in [-0.25, -0.2) is 4.98 Å². The summed E-state index contributed by atoms with van der Waals surface area (Å²) in [5.74, 6) is 0.556. The molecule has 0 amide bonds. The topological polar surface area (TPSA) is 78.9 Å². The van der Waals surface area contributed by atoms with E-state index >= 15 is 0 Å². The number of benzene rings is 4. The second-order valence-electron chi connectivity index (χ2n) is 7.60. The van der Waals surface area contributed by atoms with Crippen LogP contribution in [0.5, 0.6) is 11.5 Å². The molecule has 0 aliphatic rings. The Kier molecular flexibility index (Phi) is 4.44. The van der Waals surface area contributed by atoms with Crippen molar-refractivity contribution in [2.45, 2.75) is 13.8 Å².